The van der Waals surface area contributed by atoms with Gasteiger partial charge in [0.25, 0.3) is 0 Å². The molecule has 0 spiro atoms. The molecule has 1 heterocycles. The lowest BCUT2D eigenvalue weighted by molar-refractivity contribution is -0.110. The van der Waals surface area contributed by atoms with Crippen LogP contribution in [0.1, 0.15) is 19.8 Å². The molecule has 0 amide bonds. The highest BCUT2D eigenvalue weighted by molar-refractivity contribution is 5.57. The Balaban J connectivity index is 0.000000461. The quantitative estimate of drug-likeness (QED) is 0.537. The molecule has 3 nitrogen and oxygen atoms in total. The van der Waals surface area contributed by atoms with E-state index in [1.807, 2.05) is 0 Å². The second-order valence-electron chi connectivity index (χ2n) is 2.83. The Bertz CT molecular complexity index is 106. The summed E-state index contributed by atoms with van der Waals surface area (Å²) in [5, 5.41) is 10.1. The molecule has 1 rings (SSSR count). The van der Waals surface area contributed by atoms with Crippen LogP contribution in [0.3, 0.4) is 0 Å². The summed E-state index contributed by atoms with van der Waals surface area (Å²) >= 11 is 0. The van der Waals surface area contributed by atoms with Crippen LogP contribution in [0.25, 0.3) is 0 Å². The van der Waals surface area contributed by atoms with Crippen molar-refractivity contribution >= 4 is 6.29 Å². The number of rotatable bonds is 1. The first-order chi connectivity index (χ1) is 5.33. The smallest absolute Gasteiger partial charge is 0.136 e. The highest BCUT2D eigenvalue weighted by atomic mass is 16.2. The fourth-order valence-electron chi connectivity index (χ4n) is 1.25. The van der Waals surface area contributed by atoms with Crippen molar-refractivity contribution in [1.29, 1.82) is 0 Å². The lowest BCUT2D eigenvalue weighted by Crippen LogP contribution is -2.38. The SMILES string of the molecule is CC1CCNC(C=O)C1.CO. The van der Waals surface area contributed by atoms with Crippen LogP contribution in [0.2, 0.25) is 0 Å². The second kappa shape index (κ2) is 6.31. The van der Waals surface area contributed by atoms with Gasteiger partial charge in [-0.25, -0.2) is 0 Å². The van der Waals surface area contributed by atoms with Crippen LogP contribution in [0.5, 0.6) is 0 Å². The molecular weight excluding hydrogens is 142 g/mol. The molecule has 0 aromatic carbocycles. The lowest BCUT2D eigenvalue weighted by atomic mass is 9.95. The zero-order chi connectivity index (χ0) is 8.69. The van der Waals surface area contributed by atoms with Crippen LogP contribution in [-0.2, 0) is 4.79 Å². The normalized spacial score (nSPS) is 30.1. The highest BCUT2D eigenvalue weighted by Gasteiger charge is 2.16. The Morgan fingerprint density at radius 3 is 2.55 bits per heavy atom. The zero-order valence-corrected chi connectivity index (χ0v) is 7.21. The number of aldehydes is 1. The predicted molar refractivity (Wildman–Crippen MR) is 44.4 cm³/mol. The summed E-state index contributed by atoms with van der Waals surface area (Å²) < 4.78 is 0. The maximum atomic E-state index is 10.2. The van der Waals surface area contributed by atoms with E-state index in [9.17, 15) is 4.79 Å². The number of piperidine rings is 1. The molecule has 2 unspecified atom stereocenters. The summed E-state index contributed by atoms with van der Waals surface area (Å²) in [5.41, 5.74) is 0. The van der Waals surface area contributed by atoms with E-state index in [2.05, 4.69) is 12.2 Å². The number of nitrogens with one attached hydrogen (secondary N) is 1. The largest absolute Gasteiger partial charge is 0.400 e. The van der Waals surface area contributed by atoms with E-state index in [0.717, 1.165) is 32.3 Å². The van der Waals surface area contributed by atoms with E-state index in [1.165, 1.54) is 6.42 Å². The Hall–Kier alpha value is -0.410. The van der Waals surface area contributed by atoms with Crippen molar-refractivity contribution < 1.29 is 9.90 Å². The van der Waals surface area contributed by atoms with E-state index in [-0.39, 0.29) is 6.04 Å². The molecule has 0 radical (unpaired) electrons. The molecule has 0 saturated carbocycles. The highest BCUT2D eigenvalue weighted by Crippen LogP contribution is 2.12. The fourth-order valence-corrected chi connectivity index (χ4v) is 1.25. The maximum absolute atomic E-state index is 10.2. The zero-order valence-electron chi connectivity index (χ0n) is 7.21. The number of aliphatic hydroxyl groups excluding tert-OH is 1. The van der Waals surface area contributed by atoms with Crippen molar-refractivity contribution in [2.24, 2.45) is 5.92 Å². The number of carbonyl (C=O) groups is 1. The molecule has 1 saturated heterocycles. The molecule has 1 aliphatic rings. The average Bonchev–Trinajstić information content (AvgIpc) is 2.08. The van der Waals surface area contributed by atoms with Crippen LogP contribution in [-0.4, -0.2) is 31.1 Å². The summed E-state index contributed by atoms with van der Waals surface area (Å²) in [7, 11) is 1.00. The van der Waals surface area contributed by atoms with Gasteiger partial charge in [-0.15, -0.1) is 0 Å². The Kier molecular flexibility index (Phi) is 6.07. The Morgan fingerprint density at radius 2 is 2.18 bits per heavy atom. The Morgan fingerprint density at radius 1 is 1.55 bits per heavy atom. The van der Waals surface area contributed by atoms with Gasteiger partial charge in [0, 0.05) is 7.11 Å². The van der Waals surface area contributed by atoms with E-state index < -0.39 is 0 Å². The molecule has 0 aromatic rings. The van der Waals surface area contributed by atoms with Gasteiger partial charge in [-0.1, -0.05) is 6.92 Å². The minimum atomic E-state index is 0.133. The average molecular weight is 159 g/mol. The van der Waals surface area contributed by atoms with Crippen molar-refractivity contribution in [3.63, 3.8) is 0 Å². The lowest BCUT2D eigenvalue weighted by Gasteiger charge is -2.23. The van der Waals surface area contributed by atoms with Crippen LogP contribution in [0.15, 0.2) is 0 Å². The van der Waals surface area contributed by atoms with Gasteiger partial charge in [0.15, 0.2) is 0 Å². The predicted octanol–water partition coefficient (Wildman–Crippen LogP) is 0.182. The minimum absolute atomic E-state index is 0.133. The van der Waals surface area contributed by atoms with E-state index in [4.69, 9.17) is 5.11 Å². The monoisotopic (exact) mass is 159 g/mol. The third-order valence-corrected chi connectivity index (χ3v) is 1.86. The molecule has 11 heavy (non-hydrogen) atoms. The van der Waals surface area contributed by atoms with Crippen LogP contribution >= 0.6 is 0 Å². The summed E-state index contributed by atoms with van der Waals surface area (Å²) in [6.07, 6.45) is 3.24. The van der Waals surface area contributed by atoms with Gasteiger partial charge in [-0.05, 0) is 25.3 Å². The summed E-state index contributed by atoms with van der Waals surface area (Å²) in [4.78, 5) is 10.2. The number of hydrogen-bond acceptors (Lipinski definition) is 3. The van der Waals surface area contributed by atoms with Gasteiger partial charge in [-0.2, -0.15) is 0 Å². The van der Waals surface area contributed by atoms with Crippen molar-refractivity contribution in [2.75, 3.05) is 13.7 Å². The molecule has 0 aliphatic carbocycles. The van der Waals surface area contributed by atoms with Gasteiger partial charge in [0.1, 0.15) is 6.29 Å². The second-order valence-corrected chi connectivity index (χ2v) is 2.83. The van der Waals surface area contributed by atoms with Crippen LogP contribution < -0.4 is 5.32 Å². The van der Waals surface area contributed by atoms with Crippen molar-refractivity contribution in [2.45, 2.75) is 25.8 Å². The van der Waals surface area contributed by atoms with Gasteiger partial charge < -0.3 is 15.2 Å². The summed E-state index contributed by atoms with van der Waals surface area (Å²) in [6, 6.07) is 0.133. The van der Waals surface area contributed by atoms with Crippen LogP contribution in [0.4, 0.5) is 0 Å². The molecule has 0 bridgehead atoms. The van der Waals surface area contributed by atoms with Crippen LogP contribution in [0, 0.1) is 5.92 Å². The summed E-state index contributed by atoms with van der Waals surface area (Å²) in [5.74, 6) is 0.724. The third kappa shape index (κ3) is 4.11. The first kappa shape index (κ1) is 10.6. The summed E-state index contributed by atoms with van der Waals surface area (Å²) in [6.45, 7) is 3.20. The minimum Gasteiger partial charge on any atom is -0.400 e. The Labute approximate surface area is 67.8 Å². The number of hydrogen-bond donors (Lipinski definition) is 2. The van der Waals surface area contributed by atoms with E-state index >= 15 is 0 Å². The van der Waals surface area contributed by atoms with Gasteiger partial charge >= 0.3 is 0 Å². The van der Waals surface area contributed by atoms with Crippen molar-refractivity contribution in [1.82, 2.24) is 5.32 Å². The molecule has 1 fully saturated rings. The van der Waals surface area contributed by atoms with Gasteiger partial charge in [0.05, 0.1) is 6.04 Å². The topological polar surface area (TPSA) is 49.3 Å². The van der Waals surface area contributed by atoms with E-state index in [0.29, 0.717) is 0 Å². The fraction of sp³-hybridized carbons (Fsp3) is 0.875. The molecular formula is C8H17NO2. The molecule has 3 heteroatoms. The molecule has 2 N–H and O–H groups in total. The molecule has 66 valence electrons. The van der Waals surface area contributed by atoms with Crippen molar-refractivity contribution in [3.05, 3.63) is 0 Å². The van der Waals surface area contributed by atoms with Crippen molar-refractivity contribution in [3.8, 4) is 0 Å². The first-order valence-electron chi connectivity index (χ1n) is 3.96. The standard InChI is InChI=1S/C7H13NO.CH4O/c1-6-2-3-8-7(4-6)5-9;1-2/h5-8H,2-4H2,1H3;2H,1H3. The first-order valence-corrected chi connectivity index (χ1v) is 3.96. The molecule has 0 aromatic heterocycles. The maximum Gasteiger partial charge on any atom is 0.136 e. The van der Waals surface area contributed by atoms with E-state index in [1.54, 1.807) is 0 Å². The molecule has 2 atom stereocenters. The third-order valence-electron chi connectivity index (χ3n) is 1.86. The van der Waals surface area contributed by atoms with Gasteiger partial charge in [0.2, 0.25) is 0 Å². The number of carbonyl (C=O) groups excluding carboxylic acids is 1. The number of aliphatic hydroxyl groups is 1. The van der Waals surface area contributed by atoms with Gasteiger partial charge in [-0.3, -0.25) is 0 Å². The molecule has 1 aliphatic heterocycles.